The molecule has 1 saturated heterocycles. The van der Waals surface area contributed by atoms with Crippen LogP contribution in [0.15, 0.2) is 42.0 Å². The number of hydrogen-bond donors (Lipinski definition) is 0. The summed E-state index contributed by atoms with van der Waals surface area (Å²) in [5, 5.41) is 0. The Balaban J connectivity index is 2.18. The Kier molecular flexibility index (Phi) is 5.84. The molecule has 0 radical (unpaired) electrons. The third-order valence-electron chi connectivity index (χ3n) is 4.78. The van der Waals surface area contributed by atoms with E-state index in [-0.39, 0.29) is 0 Å². The van der Waals surface area contributed by atoms with Gasteiger partial charge in [-0.25, -0.2) is 0 Å². The van der Waals surface area contributed by atoms with Gasteiger partial charge >= 0.3 is 0 Å². The lowest BCUT2D eigenvalue weighted by atomic mass is 9.88. The molecule has 0 saturated carbocycles. The van der Waals surface area contributed by atoms with Gasteiger partial charge in [0.1, 0.15) is 5.75 Å². The van der Waals surface area contributed by atoms with Gasteiger partial charge in [-0.2, -0.15) is 0 Å². The smallest absolute Gasteiger partial charge is 0.161 e. The van der Waals surface area contributed by atoms with E-state index < -0.39 is 0 Å². The normalized spacial score (nSPS) is 16.2. The molecule has 138 valence electrons. The van der Waals surface area contributed by atoms with Crippen LogP contribution in [-0.4, -0.2) is 34.5 Å². The maximum Gasteiger partial charge on any atom is 0.161 e. The first-order valence-corrected chi connectivity index (χ1v) is 8.85. The number of hydrogen-bond acceptors (Lipinski definition) is 4. The zero-order valence-electron chi connectivity index (χ0n) is 15.9. The van der Waals surface area contributed by atoms with Crippen molar-refractivity contribution in [3.63, 3.8) is 0 Å². The third-order valence-corrected chi connectivity index (χ3v) is 4.78. The van der Waals surface area contributed by atoms with Crippen LogP contribution in [0.25, 0.3) is 5.57 Å². The molecule has 0 bridgehead atoms. The summed E-state index contributed by atoms with van der Waals surface area (Å²) in [5.41, 5.74) is 5.98. The molecule has 0 unspecified atom stereocenters. The number of aryl methyl sites for hydroxylation is 1. The lowest BCUT2D eigenvalue weighted by Crippen LogP contribution is -2.11. The van der Waals surface area contributed by atoms with Crippen molar-refractivity contribution >= 4 is 5.57 Å². The highest BCUT2D eigenvalue weighted by atomic mass is 16.5. The molecule has 2 aromatic carbocycles. The van der Waals surface area contributed by atoms with Gasteiger partial charge in [-0.1, -0.05) is 12.1 Å². The molecule has 0 atom stereocenters. The molecule has 1 aliphatic heterocycles. The van der Waals surface area contributed by atoms with Crippen LogP contribution in [0.4, 0.5) is 0 Å². The highest BCUT2D eigenvalue weighted by molar-refractivity contribution is 5.85. The third kappa shape index (κ3) is 3.70. The van der Waals surface area contributed by atoms with Crippen LogP contribution in [0.5, 0.6) is 17.2 Å². The van der Waals surface area contributed by atoms with Gasteiger partial charge in [0.25, 0.3) is 0 Å². The highest BCUT2D eigenvalue weighted by Crippen LogP contribution is 2.38. The predicted molar refractivity (Wildman–Crippen MR) is 103 cm³/mol. The fraction of sp³-hybridized carbons (Fsp3) is 0.364. The van der Waals surface area contributed by atoms with E-state index in [0.717, 1.165) is 53.4 Å². The molecule has 0 spiro atoms. The maximum atomic E-state index is 5.75. The van der Waals surface area contributed by atoms with E-state index >= 15 is 0 Å². The van der Waals surface area contributed by atoms with Crippen molar-refractivity contribution in [1.29, 1.82) is 0 Å². The van der Waals surface area contributed by atoms with Gasteiger partial charge in [0, 0.05) is 6.61 Å². The van der Waals surface area contributed by atoms with Crippen molar-refractivity contribution < 1.29 is 18.9 Å². The number of rotatable bonds is 5. The van der Waals surface area contributed by atoms with Gasteiger partial charge < -0.3 is 18.9 Å². The molecule has 4 heteroatoms. The maximum absolute atomic E-state index is 5.75. The summed E-state index contributed by atoms with van der Waals surface area (Å²) >= 11 is 0. The van der Waals surface area contributed by atoms with Crippen molar-refractivity contribution in [2.24, 2.45) is 0 Å². The van der Waals surface area contributed by atoms with Gasteiger partial charge in [-0.05, 0) is 71.9 Å². The number of methoxy groups -OCH3 is 3. The fourth-order valence-electron chi connectivity index (χ4n) is 3.41. The minimum absolute atomic E-state index is 0.662. The molecule has 1 aliphatic rings. The van der Waals surface area contributed by atoms with Crippen LogP contribution in [0.1, 0.15) is 29.5 Å². The molecule has 0 aromatic heterocycles. The first kappa shape index (κ1) is 18.3. The summed E-state index contributed by atoms with van der Waals surface area (Å²) in [6, 6.07) is 12.3. The standard InChI is InChI=1S/C22H26O4/c1-15-12-20(24-3)21(25-4)13-19(15)22(17-6-5-11-26-14-17)16-7-9-18(23-2)10-8-16/h7-10,12-13H,5-6,11,14H2,1-4H3/b22-17+. The Morgan fingerprint density at radius 3 is 2.19 bits per heavy atom. The highest BCUT2D eigenvalue weighted by Gasteiger charge is 2.19. The first-order valence-electron chi connectivity index (χ1n) is 8.85. The lowest BCUT2D eigenvalue weighted by Gasteiger charge is -2.23. The first-order chi connectivity index (χ1) is 12.7. The summed E-state index contributed by atoms with van der Waals surface area (Å²) in [6.45, 7) is 3.59. The van der Waals surface area contributed by atoms with E-state index in [1.165, 1.54) is 11.1 Å². The van der Waals surface area contributed by atoms with Crippen molar-refractivity contribution in [3.8, 4) is 17.2 Å². The van der Waals surface area contributed by atoms with E-state index in [9.17, 15) is 0 Å². The molecule has 26 heavy (non-hydrogen) atoms. The molecular formula is C22H26O4. The fourth-order valence-corrected chi connectivity index (χ4v) is 3.41. The van der Waals surface area contributed by atoms with Gasteiger partial charge in [-0.15, -0.1) is 0 Å². The number of benzene rings is 2. The number of ether oxygens (including phenoxy) is 4. The summed E-state index contributed by atoms with van der Waals surface area (Å²) in [6.07, 6.45) is 2.08. The quantitative estimate of drug-likeness (QED) is 0.784. The van der Waals surface area contributed by atoms with Crippen molar-refractivity contribution in [3.05, 3.63) is 58.7 Å². The molecular weight excluding hydrogens is 328 g/mol. The average molecular weight is 354 g/mol. The molecule has 0 aliphatic carbocycles. The van der Waals surface area contributed by atoms with Crippen LogP contribution < -0.4 is 14.2 Å². The van der Waals surface area contributed by atoms with Crippen molar-refractivity contribution in [1.82, 2.24) is 0 Å². The van der Waals surface area contributed by atoms with Gasteiger partial charge in [0.2, 0.25) is 0 Å². The average Bonchev–Trinajstić information content (AvgIpc) is 2.70. The SMILES string of the molecule is COc1ccc(/C(=C2/CCCOC2)c2cc(OC)c(OC)cc2C)cc1. The largest absolute Gasteiger partial charge is 0.497 e. The summed E-state index contributed by atoms with van der Waals surface area (Å²) in [5.74, 6) is 2.33. The molecule has 3 rings (SSSR count). The van der Waals surface area contributed by atoms with E-state index in [4.69, 9.17) is 18.9 Å². The summed E-state index contributed by atoms with van der Waals surface area (Å²) in [4.78, 5) is 0. The molecule has 0 amide bonds. The van der Waals surface area contributed by atoms with E-state index in [2.05, 4.69) is 25.1 Å². The van der Waals surface area contributed by atoms with Gasteiger partial charge in [-0.3, -0.25) is 0 Å². The monoisotopic (exact) mass is 354 g/mol. The molecule has 4 nitrogen and oxygen atoms in total. The van der Waals surface area contributed by atoms with Crippen LogP contribution in [0.3, 0.4) is 0 Å². The predicted octanol–water partition coefficient (Wildman–Crippen LogP) is 4.63. The van der Waals surface area contributed by atoms with E-state index in [0.29, 0.717) is 6.61 Å². The van der Waals surface area contributed by atoms with Crippen LogP contribution >= 0.6 is 0 Å². The van der Waals surface area contributed by atoms with Crippen molar-refractivity contribution in [2.45, 2.75) is 19.8 Å². The molecule has 2 aromatic rings. The minimum Gasteiger partial charge on any atom is -0.497 e. The lowest BCUT2D eigenvalue weighted by molar-refractivity contribution is 0.130. The van der Waals surface area contributed by atoms with Gasteiger partial charge in [0.15, 0.2) is 11.5 Å². The summed E-state index contributed by atoms with van der Waals surface area (Å²) < 4.78 is 22.1. The zero-order valence-corrected chi connectivity index (χ0v) is 15.9. The zero-order chi connectivity index (χ0) is 18.5. The van der Waals surface area contributed by atoms with Crippen LogP contribution in [0.2, 0.25) is 0 Å². The van der Waals surface area contributed by atoms with Crippen LogP contribution in [-0.2, 0) is 4.74 Å². The molecule has 0 N–H and O–H groups in total. The minimum atomic E-state index is 0.662. The Bertz CT molecular complexity index is 783. The molecule has 1 heterocycles. The van der Waals surface area contributed by atoms with Crippen LogP contribution in [0, 0.1) is 6.92 Å². The topological polar surface area (TPSA) is 36.9 Å². The van der Waals surface area contributed by atoms with Gasteiger partial charge in [0.05, 0.1) is 27.9 Å². The second-order valence-corrected chi connectivity index (χ2v) is 6.39. The van der Waals surface area contributed by atoms with E-state index in [1.54, 1.807) is 21.3 Å². The second-order valence-electron chi connectivity index (χ2n) is 6.39. The Morgan fingerprint density at radius 1 is 0.923 bits per heavy atom. The van der Waals surface area contributed by atoms with E-state index in [1.807, 2.05) is 18.2 Å². The van der Waals surface area contributed by atoms with Crippen molar-refractivity contribution in [2.75, 3.05) is 34.5 Å². The molecule has 1 fully saturated rings. The Labute approximate surface area is 155 Å². The Hall–Kier alpha value is -2.46. The summed E-state index contributed by atoms with van der Waals surface area (Å²) in [7, 11) is 5.01. The second kappa shape index (κ2) is 8.28. The Morgan fingerprint density at radius 2 is 1.62 bits per heavy atom.